The van der Waals surface area contributed by atoms with Crippen LogP contribution in [0, 0.1) is 13.8 Å². The highest BCUT2D eigenvalue weighted by Crippen LogP contribution is 2.25. The number of aromatic nitrogens is 4. The van der Waals surface area contributed by atoms with Gasteiger partial charge in [-0.15, -0.1) is 0 Å². The van der Waals surface area contributed by atoms with E-state index in [2.05, 4.69) is 34.2 Å². The van der Waals surface area contributed by atoms with E-state index in [1.165, 1.54) is 0 Å². The van der Waals surface area contributed by atoms with E-state index in [4.69, 9.17) is 11.6 Å². The zero-order chi connectivity index (χ0) is 15.4. The van der Waals surface area contributed by atoms with Crippen molar-refractivity contribution in [3.8, 4) is 0 Å². The van der Waals surface area contributed by atoms with Crippen LogP contribution in [0.25, 0.3) is 0 Å². The first-order valence-corrected chi connectivity index (χ1v) is 7.68. The van der Waals surface area contributed by atoms with Crippen molar-refractivity contribution in [3.05, 3.63) is 40.2 Å². The SMILES string of the molecule is CCNC(Cc1c(Cl)c(C)nn1CC)c1cnc(C)cn1. The molecule has 2 heterocycles. The molecule has 5 nitrogen and oxygen atoms in total. The molecule has 0 aliphatic carbocycles. The van der Waals surface area contributed by atoms with Crippen LogP contribution < -0.4 is 5.32 Å². The molecule has 1 atom stereocenters. The molecular formula is C15H22ClN5. The topological polar surface area (TPSA) is 55.6 Å². The molecule has 0 bridgehead atoms. The average Bonchev–Trinajstić information content (AvgIpc) is 2.75. The van der Waals surface area contributed by atoms with Gasteiger partial charge in [0, 0.05) is 19.2 Å². The molecule has 0 aromatic carbocycles. The zero-order valence-electron chi connectivity index (χ0n) is 13.0. The lowest BCUT2D eigenvalue weighted by Gasteiger charge is -2.18. The Bertz CT molecular complexity index is 591. The second kappa shape index (κ2) is 7.00. The molecule has 0 aliphatic heterocycles. The van der Waals surface area contributed by atoms with Crippen LogP contribution >= 0.6 is 11.6 Å². The van der Waals surface area contributed by atoms with Crippen LogP contribution in [0.15, 0.2) is 12.4 Å². The molecule has 1 unspecified atom stereocenters. The van der Waals surface area contributed by atoms with Crippen LogP contribution in [0.2, 0.25) is 5.02 Å². The molecular weight excluding hydrogens is 286 g/mol. The van der Waals surface area contributed by atoms with Gasteiger partial charge in [0.05, 0.1) is 40.0 Å². The van der Waals surface area contributed by atoms with Gasteiger partial charge in [-0.3, -0.25) is 14.6 Å². The van der Waals surface area contributed by atoms with Crippen molar-refractivity contribution in [2.24, 2.45) is 0 Å². The van der Waals surface area contributed by atoms with Crippen molar-refractivity contribution >= 4 is 11.6 Å². The molecule has 6 heteroatoms. The minimum absolute atomic E-state index is 0.0852. The summed E-state index contributed by atoms with van der Waals surface area (Å²) in [6.45, 7) is 9.69. The molecule has 0 spiro atoms. The van der Waals surface area contributed by atoms with E-state index in [0.29, 0.717) is 0 Å². The smallest absolute Gasteiger partial charge is 0.0847 e. The number of nitrogens with one attached hydrogen (secondary N) is 1. The van der Waals surface area contributed by atoms with Gasteiger partial charge in [0.15, 0.2) is 0 Å². The number of hydrogen-bond donors (Lipinski definition) is 1. The summed E-state index contributed by atoms with van der Waals surface area (Å²) in [5.41, 5.74) is 3.77. The summed E-state index contributed by atoms with van der Waals surface area (Å²) >= 11 is 6.40. The van der Waals surface area contributed by atoms with Crippen LogP contribution in [-0.2, 0) is 13.0 Å². The number of likely N-dealkylation sites (N-methyl/N-ethyl adjacent to an activating group) is 1. The maximum Gasteiger partial charge on any atom is 0.0847 e. The standard InChI is InChI=1S/C15H22ClN5/c1-5-17-12(13-9-18-10(3)8-19-13)7-14-15(16)11(4)20-21(14)6-2/h8-9,12,17H,5-7H2,1-4H3. The molecule has 0 aliphatic rings. The van der Waals surface area contributed by atoms with Crippen molar-refractivity contribution in [1.29, 1.82) is 0 Å². The molecule has 0 saturated heterocycles. The predicted octanol–water partition coefficient (Wildman–Crippen LogP) is 2.86. The second-order valence-corrected chi connectivity index (χ2v) is 5.44. The van der Waals surface area contributed by atoms with Gasteiger partial charge < -0.3 is 5.32 Å². The van der Waals surface area contributed by atoms with Crippen LogP contribution in [-0.4, -0.2) is 26.3 Å². The molecule has 21 heavy (non-hydrogen) atoms. The van der Waals surface area contributed by atoms with Crippen molar-refractivity contribution in [2.45, 2.75) is 46.7 Å². The average molecular weight is 308 g/mol. The molecule has 0 fully saturated rings. The van der Waals surface area contributed by atoms with Gasteiger partial charge in [-0.1, -0.05) is 18.5 Å². The van der Waals surface area contributed by atoms with Crippen LogP contribution in [0.5, 0.6) is 0 Å². The summed E-state index contributed by atoms with van der Waals surface area (Å²) in [4.78, 5) is 8.82. The molecule has 0 amide bonds. The quantitative estimate of drug-likeness (QED) is 0.891. The fourth-order valence-corrected chi connectivity index (χ4v) is 2.58. The molecule has 0 radical (unpaired) electrons. The van der Waals surface area contributed by atoms with Gasteiger partial charge in [0.2, 0.25) is 0 Å². The Morgan fingerprint density at radius 3 is 2.57 bits per heavy atom. The van der Waals surface area contributed by atoms with Gasteiger partial charge in [-0.05, 0) is 27.3 Å². The van der Waals surface area contributed by atoms with Gasteiger partial charge in [0.25, 0.3) is 0 Å². The van der Waals surface area contributed by atoms with E-state index < -0.39 is 0 Å². The summed E-state index contributed by atoms with van der Waals surface area (Å²) in [7, 11) is 0. The summed E-state index contributed by atoms with van der Waals surface area (Å²) < 4.78 is 1.96. The molecule has 1 N–H and O–H groups in total. The van der Waals surface area contributed by atoms with E-state index in [1.54, 1.807) is 6.20 Å². The number of rotatable bonds is 6. The Kier molecular flexibility index (Phi) is 5.31. The van der Waals surface area contributed by atoms with Crippen molar-refractivity contribution in [3.63, 3.8) is 0 Å². The maximum atomic E-state index is 6.40. The van der Waals surface area contributed by atoms with E-state index >= 15 is 0 Å². The third kappa shape index (κ3) is 3.60. The lowest BCUT2D eigenvalue weighted by atomic mass is 10.1. The Balaban J connectivity index is 2.30. The Hall–Kier alpha value is -1.46. The van der Waals surface area contributed by atoms with Crippen LogP contribution in [0.3, 0.4) is 0 Å². The summed E-state index contributed by atoms with van der Waals surface area (Å²) in [6, 6.07) is 0.0852. The summed E-state index contributed by atoms with van der Waals surface area (Å²) in [5.74, 6) is 0. The number of halogens is 1. The first-order valence-electron chi connectivity index (χ1n) is 7.30. The molecule has 2 rings (SSSR count). The minimum atomic E-state index is 0.0852. The second-order valence-electron chi connectivity index (χ2n) is 5.06. The fourth-order valence-electron chi connectivity index (χ4n) is 2.37. The van der Waals surface area contributed by atoms with Gasteiger partial charge in [-0.25, -0.2) is 0 Å². The third-order valence-electron chi connectivity index (χ3n) is 3.46. The maximum absolute atomic E-state index is 6.40. The number of aryl methyl sites for hydroxylation is 3. The monoisotopic (exact) mass is 307 g/mol. The summed E-state index contributed by atoms with van der Waals surface area (Å²) in [5, 5.41) is 8.67. The highest BCUT2D eigenvalue weighted by Gasteiger charge is 2.19. The van der Waals surface area contributed by atoms with E-state index in [9.17, 15) is 0 Å². The van der Waals surface area contributed by atoms with Gasteiger partial charge in [-0.2, -0.15) is 5.10 Å². The zero-order valence-corrected chi connectivity index (χ0v) is 13.8. The third-order valence-corrected chi connectivity index (χ3v) is 3.95. The molecule has 2 aromatic heterocycles. The van der Waals surface area contributed by atoms with Gasteiger partial charge >= 0.3 is 0 Å². The summed E-state index contributed by atoms with van der Waals surface area (Å²) in [6.07, 6.45) is 4.37. The van der Waals surface area contributed by atoms with E-state index in [1.807, 2.05) is 24.7 Å². The first-order chi connectivity index (χ1) is 10.1. The van der Waals surface area contributed by atoms with Gasteiger partial charge in [0.1, 0.15) is 0 Å². The normalized spacial score (nSPS) is 12.6. The first kappa shape index (κ1) is 15.9. The van der Waals surface area contributed by atoms with Crippen LogP contribution in [0.1, 0.15) is 42.7 Å². The predicted molar refractivity (Wildman–Crippen MR) is 84.5 cm³/mol. The Morgan fingerprint density at radius 2 is 2.00 bits per heavy atom. The van der Waals surface area contributed by atoms with Crippen molar-refractivity contribution in [1.82, 2.24) is 25.1 Å². The molecule has 114 valence electrons. The highest BCUT2D eigenvalue weighted by molar-refractivity contribution is 6.31. The highest BCUT2D eigenvalue weighted by atomic mass is 35.5. The molecule has 2 aromatic rings. The van der Waals surface area contributed by atoms with Crippen LogP contribution in [0.4, 0.5) is 0 Å². The van der Waals surface area contributed by atoms with E-state index in [0.717, 1.165) is 47.3 Å². The lowest BCUT2D eigenvalue weighted by molar-refractivity contribution is 0.505. The van der Waals surface area contributed by atoms with Crippen molar-refractivity contribution < 1.29 is 0 Å². The Morgan fingerprint density at radius 1 is 1.24 bits per heavy atom. The molecule has 0 saturated carbocycles. The van der Waals surface area contributed by atoms with E-state index in [-0.39, 0.29) is 6.04 Å². The van der Waals surface area contributed by atoms with Crippen molar-refractivity contribution in [2.75, 3.05) is 6.54 Å². The Labute approximate surface area is 130 Å². The minimum Gasteiger partial charge on any atom is -0.309 e. The largest absolute Gasteiger partial charge is 0.309 e. The number of hydrogen-bond acceptors (Lipinski definition) is 4. The number of nitrogens with zero attached hydrogens (tertiary/aromatic N) is 4. The fraction of sp³-hybridized carbons (Fsp3) is 0.533. The lowest BCUT2D eigenvalue weighted by Crippen LogP contribution is -2.25.